The standard InChI is InChI=1S/C21H22N4O2/c1-2-3-12-27-19-11-7-5-9-15(19)18-13-16(20(26)25-21(22)23)14-8-4-6-10-17(14)24-18/h4-11,13H,2-3,12H2,1H3,(H4,22,23,25,26). The van der Waals surface area contributed by atoms with Crippen molar-refractivity contribution in [1.29, 1.82) is 5.41 Å². The molecule has 0 aliphatic rings. The number of ether oxygens (including phenoxy) is 1. The summed E-state index contributed by atoms with van der Waals surface area (Å²) >= 11 is 0. The highest BCUT2D eigenvalue weighted by molar-refractivity contribution is 6.12. The maximum atomic E-state index is 12.6. The molecule has 0 fully saturated rings. The van der Waals surface area contributed by atoms with Crippen LogP contribution in [0.4, 0.5) is 0 Å². The number of nitrogens with zero attached hydrogens (tertiary/aromatic N) is 1. The number of hydrogen-bond acceptors (Lipinski definition) is 4. The molecule has 0 unspecified atom stereocenters. The molecule has 3 aromatic rings. The maximum absolute atomic E-state index is 12.6. The number of hydrogen-bond donors (Lipinski definition) is 3. The molecule has 0 saturated carbocycles. The molecule has 1 amide bonds. The van der Waals surface area contributed by atoms with E-state index in [1.807, 2.05) is 48.5 Å². The van der Waals surface area contributed by atoms with Gasteiger partial charge < -0.3 is 10.5 Å². The first-order valence-corrected chi connectivity index (χ1v) is 8.87. The van der Waals surface area contributed by atoms with Crippen LogP contribution in [-0.2, 0) is 0 Å². The Balaban J connectivity index is 2.11. The number of carbonyl (C=O) groups is 1. The molecule has 3 rings (SSSR count). The molecule has 138 valence electrons. The quantitative estimate of drug-likeness (QED) is 0.353. The molecule has 0 saturated heterocycles. The fourth-order valence-corrected chi connectivity index (χ4v) is 2.82. The molecule has 2 aromatic carbocycles. The Morgan fingerprint density at radius 3 is 2.70 bits per heavy atom. The summed E-state index contributed by atoms with van der Waals surface area (Å²) in [5, 5.41) is 10.4. The summed E-state index contributed by atoms with van der Waals surface area (Å²) in [6.45, 7) is 2.73. The summed E-state index contributed by atoms with van der Waals surface area (Å²) in [6, 6.07) is 16.7. The van der Waals surface area contributed by atoms with Gasteiger partial charge >= 0.3 is 0 Å². The molecular weight excluding hydrogens is 340 g/mol. The van der Waals surface area contributed by atoms with Gasteiger partial charge in [-0.1, -0.05) is 43.7 Å². The second-order valence-electron chi connectivity index (χ2n) is 6.14. The van der Waals surface area contributed by atoms with E-state index in [0.29, 0.717) is 28.8 Å². The van der Waals surface area contributed by atoms with E-state index >= 15 is 0 Å². The second-order valence-corrected chi connectivity index (χ2v) is 6.14. The smallest absolute Gasteiger partial charge is 0.258 e. The molecule has 1 heterocycles. The van der Waals surface area contributed by atoms with E-state index in [1.165, 1.54) is 0 Å². The van der Waals surface area contributed by atoms with E-state index in [0.717, 1.165) is 24.2 Å². The van der Waals surface area contributed by atoms with Crippen molar-refractivity contribution >= 4 is 22.8 Å². The van der Waals surface area contributed by atoms with Crippen LogP contribution in [0.25, 0.3) is 22.2 Å². The number of pyridine rings is 1. The molecule has 0 radical (unpaired) electrons. The molecule has 0 aliphatic carbocycles. The van der Waals surface area contributed by atoms with E-state index in [-0.39, 0.29) is 0 Å². The zero-order valence-corrected chi connectivity index (χ0v) is 15.2. The maximum Gasteiger partial charge on any atom is 0.258 e. The van der Waals surface area contributed by atoms with Crippen LogP contribution in [0.3, 0.4) is 0 Å². The first-order chi connectivity index (χ1) is 13.1. The number of benzene rings is 2. The van der Waals surface area contributed by atoms with Crippen LogP contribution in [0.15, 0.2) is 54.6 Å². The Hall–Kier alpha value is -3.41. The summed E-state index contributed by atoms with van der Waals surface area (Å²) in [4.78, 5) is 17.3. The predicted octanol–water partition coefficient (Wildman–Crippen LogP) is 3.70. The highest BCUT2D eigenvalue weighted by atomic mass is 16.5. The number of para-hydroxylation sites is 2. The Labute approximate surface area is 157 Å². The lowest BCUT2D eigenvalue weighted by atomic mass is 10.0. The minimum absolute atomic E-state index is 0.397. The first-order valence-electron chi connectivity index (χ1n) is 8.87. The zero-order valence-electron chi connectivity index (χ0n) is 15.2. The minimum atomic E-state index is -0.438. The third kappa shape index (κ3) is 4.23. The molecule has 6 heteroatoms. The van der Waals surface area contributed by atoms with Crippen molar-refractivity contribution in [2.45, 2.75) is 19.8 Å². The summed E-state index contributed by atoms with van der Waals surface area (Å²) in [7, 11) is 0. The van der Waals surface area contributed by atoms with Crippen molar-refractivity contribution in [2.24, 2.45) is 5.73 Å². The highest BCUT2D eigenvalue weighted by Crippen LogP contribution is 2.31. The summed E-state index contributed by atoms with van der Waals surface area (Å²) in [6.07, 6.45) is 2.01. The molecule has 0 bridgehead atoms. The average Bonchev–Trinajstić information content (AvgIpc) is 2.67. The second kappa shape index (κ2) is 8.31. The lowest BCUT2D eigenvalue weighted by molar-refractivity contribution is 0.0978. The van der Waals surface area contributed by atoms with Gasteiger partial charge in [-0.15, -0.1) is 0 Å². The third-order valence-corrected chi connectivity index (χ3v) is 4.13. The minimum Gasteiger partial charge on any atom is -0.493 e. The van der Waals surface area contributed by atoms with Crippen LogP contribution in [0.5, 0.6) is 5.75 Å². The van der Waals surface area contributed by atoms with Crippen LogP contribution < -0.4 is 15.8 Å². The summed E-state index contributed by atoms with van der Waals surface area (Å²) < 4.78 is 5.91. The van der Waals surface area contributed by atoms with Gasteiger partial charge in [0.25, 0.3) is 5.91 Å². The number of nitrogens with one attached hydrogen (secondary N) is 2. The number of unbranched alkanes of at least 4 members (excludes halogenated alkanes) is 1. The first kappa shape index (κ1) is 18.4. The molecule has 4 N–H and O–H groups in total. The molecule has 1 aromatic heterocycles. The van der Waals surface area contributed by atoms with Crippen molar-refractivity contribution in [1.82, 2.24) is 10.3 Å². The van der Waals surface area contributed by atoms with Gasteiger partial charge in [0, 0.05) is 10.9 Å². The van der Waals surface area contributed by atoms with Crippen LogP contribution in [0.2, 0.25) is 0 Å². The van der Waals surface area contributed by atoms with Crippen LogP contribution >= 0.6 is 0 Å². The van der Waals surface area contributed by atoms with Gasteiger partial charge in [-0.05, 0) is 30.7 Å². The molecule has 0 aliphatic heterocycles. The van der Waals surface area contributed by atoms with Crippen molar-refractivity contribution < 1.29 is 9.53 Å². The van der Waals surface area contributed by atoms with E-state index in [9.17, 15) is 4.79 Å². The largest absolute Gasteiger partial charge is 0.493 e. The van der Waals surface area contributed by atoms with E-state index in [1.54, 1.807) is 6.07 Å². The van der Waals surface area contributed by atoms with Crippen molar-refractivity contribution in [3.63, 3.8) is 0 Å². The molecule has 0 atom stereocenters. The highest BCUT2D eigenvalue weighted by Gasteiger charge is 2.16. The normalized spacial score (nSPS) is 10.6. The van der Waals surface area contributed by atoms with E-state index < -0.39 is 11.9 Å². The van der Waals surface area contributed by atoms with Gasteiger partial charge in [-0.3, -0.25) is 15.5 Å². The fraction of sp³-hybridized carbons (Fsp3) is 0.190. The summed E-state index contributed by atoms with van der Waals surface area (Å²) in [5.41, 5.74) is 7.88. The van der Waals surface area contributed by atoms with Gasteiger partial charge in [0.1, 0.15) is 5.75 Å². The number of carbonyl (C=O) groups excluding carboxylic acids is 1. The number of guanidine groups is 1. The molecular formula is C21H22N4O2. The average molecular weight is 362 g/mol. The van der Waals surface area contributed by atoms with E-state index in [2.05, 4.69) is 12.2 Å². The van der Waals surface area contributed by atoms with Crippen LogP contribution in [0, 0.1) is 5.41 Å². The zero-order chi connectivity index (χ0) is 19.2. The Morgan fingerprint density at radius 1 is 1.19 bits per heavy atom. The van der Waals surface area contributed by atoms with Crippen LogP contribution in [-0.4, -0.2) is 23.5 Å². The van der Waals surface area contributed by atoms with Crippen molar-refractivity contribution in [2.75, 3.05) is 6.61 Å². The predicted molar refractivity (Wildman–Crippen MR) is 107 cm³/mol. The number of aromatic nitrogens is 1. The number of nitrogens with two attached hydrogens (primary N) is 1. The van der Waals surface area contributed by atoms with Gasteiger partial charge in [0.2, 0.25) is 0 Å². The third-order valence-electron chi connectivity index (χ3n) is 4.13. The summed E-state index contributed by atoms with van der Waals surface area (Å²) in [5.74, 6) is -0.107. The number of fused-ring (bicyclic) bond motifs is 1. The number of rotatable bonds is 6. The molecule has 6 nitrogen and oxygen atoms in total. The van der Waals surface area contributed by atoms with Gasteiger partial charge in [-0.25, -0.2) is 4.98 Å². The number of amides is 1. The van der Waals surface area contributed by atoms with Gasteiger partial charge in [0.05, 0.1) is 23.4 Å². The topological polar surface area (TPSA) is 101 Å². The molecule has 27 heavy (non-hydrogen) atoms. The SMILES string of the molecule is CCCCOc1ccccc1-c1cc(C(=O)NC(=N)N)c2ccccc2n1. The Kier molecular flexibility index (Phi) is 5.66. The lowest BCUT2D eigenvalue weighted by Gasteiger charge is -2.13. The van der Waals surface area contributed by atoms with Gasteiger partial charge in [-0.2, -0.15) is 0 Å². The van der Waals surface area contributed by atoms with Crippen LogP contribution in [0.1, 0.15) is 30.1 Å². The van der Waals surface area contributed by atoms with Gasteiger partial charge in [0.15, 0.2) is 5.96 Å². The molecule has 0 spiro atoms. The van der Waals surface area contributed by atoms with Crippen molar-refractivity contribution in [3.8, 4) is 17.0 Å². The Morgan fingerprint density at radius 2 is 1.93 bits per heavy atom. The Bertz CT molecular complexity index is 985. The fourth-order valence-electron chi connectivity index (χ4n) is 2.82. The van der Waals surface area contributed by atoms with E-state index in [4.69, 9.17) is 20.9 Å². The van der Waals surface area contributed by atoms with Crippen molar-refractivity contribution in [3.05, 3.63) is 60.2 Å². The lowest BCUT2D eigenvalue weighted by Crippen LogP contribution is -2.35. The monoisotopic (exact) mass is 362 g/mol.